The number of rotatable bonds is 3. The van der Waals surface area contributed by atoms with Crippen molar-refractivity contribution in [1.82, 2.24) is 10.3 Å². The number of hydrogen-bond donors (Lipinski definition) is 3. The van der Waals surface area contributed by atoms with Crippen molar-refractivity contribution in [2.75, 3.05) is 11.9 Å². The third kappa shape index (κ3) is 2.63. The van der Waals surface area contributed by atoms with E-state index in [1.807, 2.05) is 24.4 Å². The van der Waals surface area contributed by atoms with Crippen LogP contribution in [0.2, 0.25) is 0 Å². The number of carbonyl (C=O) groups excluding carboxylic acids is 2. The molecule has 2 aromatic rings. The van der Waals surface area contributed by atoms with Gasteiger partial charge in [-0.2, -0.15) is 0 Å². The molecule has 0 spiro atoms. The van der Waals surface area contributed by atoms with E-state index in [2.05, 4.69) is 27.8 Å². The fourth-order valence-electron chi connectivity index (χ4n) is 3.81. The van der Waals surface area contributed by atoms with Crippen molar-refractivity contribution in [3.8, 4) is 0 Å². The van der Waals surface area contributed by atoms with Gasteiger partial charge in [0.05, 0.1) is 5.69 Å². The Morgan fingerprint density at radius 2 is 2.04 bits per heavy atom. The number of hydrogen-bond acceptors (Lipinski definition) is 2. The van der Waals surface area contributed by atoms with Gasteiger partial charge in [-0.05, 0) is 48.8 Å². The number of H-pyrrole nitrogens is 1. The zero-order chi connectivity index (χ0) is 15.8. The summed E-state index contributed by atoms with van der Waals surface area (Å²) in [4.78, 5) is 27.2. The summed E-state index contributed by atoms with van der Waals surface area (Å²) in [6.45, 7) is 0.576. The smallest absolute Gasteiger partial charge is 0.313 e. The Kier molecular flexibility index (Phi) is 3.41. The number of anilines is 1. The van der Waals surface area contributed by atoms with Gasteiger partial charge in [0.2, 0.25) is 0 Å². The van der Waals surface area contributed by atoms with E-state index in [9.17, 15) is 9.59 Å². The van der Waals surface area contributed by atoms with E-state index in [0.29, 0.717) is 30.0 Å². The van der Waals surface area contributed by atoms with Gasteiger partial charge in [-0.1, -0.05) is 18.2 Å². The molecule has 0 saturated heterocycles. The normalized spacial score (nSPS) is 25.0. The second-order valence-electron chi connectivity index (χ2n) is 6.45. The highest BCUT2D eigenvalue weighted by molar-refractivity contribution is 6.40. The average molecular weight is 309 g/mol. The quantitative estimate of drug-likeness (QED) is 0.602. The first kappa shape index (κ1) is 14.1. The molecule has 2 bridgehead atoms. The van der Waals surface area contributed by atoms with Crippen molar-refractivity contribution in [2.45, 2.75) is 12.8 Å². The summed E-state index contributed by atoms with van der Waals surface area (Å²) in [7, 11) is 0. The van der Waals surface area contributed by atoms with E-state index in [1.165, 1.54) is 6.42 Å². The minimum atomic E-state index is -0.614. The maximum atomic E-state index is 12.1. The number of benzene rings is 1. The summed E-state index contributed by atoms with van der Waals surface area (Å²) in [5.74, 6) is 0.524. The Bertz CT molecular complexity index is 792. The number of carbonyl (C=O) groups is 2. The highest BCUT2D eigenvalue weighted by Gasteiger charge is 2.35. The molecule has 2 aliphatic carbocycles. The topological polar surface area (TPSA) is 74.0 Å². The highest BCUT2D eigenvalue weighted by atomic mass is 16.2. The monoisotopic (exact) mass is 309 g/mol. The van der Waals surface area contributed by atoms with Gasteiger partial charge in [0.25, 0.3) is 0 Å². The molecular weight excluding hydrogens is 290 g/mol. The van der Waals surface area contributed by atoms with Crippen molar-refractivity contribution < 1.29 is 9.59 Å². The molecule has 3 N–H and O–H groups in total. The third-order valence-electron chi connectivity index (χ3n) is 4.99. The minimum absolute atomic E-state index is 0.467. The van der Waals surface area contributed by atoms with E-state index in [1.54, 1.807) is 6.07 Å². The maximum Gasteiger partial charge on any atom is 0.313 e. The second kappa shape index (κ2) is 5.57. The highest BCUT2D eigenvalue weighted by Crippen LogP contribution is 2.42. The van der Waals surface area contributed by atoms with Crippen molar-refractivity contribution in [1.29, 1.82) is 0 Å². The first-order chi connectivity index (χ1) is 11.2. The van der Waals surface area contributed by atoms with Crippen LogP contribution in [0.5, 0.6) is 0 Å². The van der Waals surface area contributed by atoms with Crippen LogP contribution in [-0.2, 0) is 9.59 Å². The molecule has 5 nitrogen and oxygen atoms in total. The lowest BCUT2D eigenvalue weighted by Gasteiger charge is -2.18. The van der Waals surface area contributed by atoms with Gasteiger partial charge in [-0.3, -0.25) is 9.59 Å². The van der Waals surface area contributed by atoms with Gasteiger partial charge >= 0.3 is 11.8 Å². The van der Waals surface area contributed by atoms with Crippen LogP contribution in [0.1, 0.15) is 12.8 Å². The predicted molar refractivity (Wildman–Crippen MR) is 88.8 cm³/mol. The van der Waals surface area contributed by atoms with Crippen LogP contribution in [0.3, 0.4) is 0 Å². The summed E-state index contributed by atoms with van der Waals surface area (Å²) >= 11 is 0. The van der Waals surface area contributed by atoms with Crippen LogP contribution in [0, 0.1) is 17.8 Å². The molecule has 1 aromatic heterocycles. The van der Waals surface area contributed by atoms with E-state index in [-0.39, 0.29) is 0 Å². The van der Waals surface area contributed by atoms with Crippen LogP contribution in [-0.4, -0.2) is 23.3 Å². The first-order valence-corrected chi connectivity index (χ1v) is 8.04. The Morgan fingerprint density at radius 3 is 2.83 bits per heavy atom. The van der Waals surface area contributed by atoms with Crippen molar-refractivity contribution in [2.24, 2.45) is 17.8 Å². The van der Waals surface area contributed by atoms with Crippen molar-refractivity contribution in [3.63, 3.8) is 0 Å². The molecule has 2 aliphatic rings. The summed E-state index contributed by atoms with van der Waals surface area (Å²) < 4.78 is 0. The number of aromatic amines is 1. The maximum absolute atomic E-state index is 12.1. The van der Waals surface area contributed by atoms with Gasteiger partial charge in [0.15, 0.2) is 0 Å². The molecule has 1 saturated carbocycles. The predicted octanol–water partition coefficient (Wildman–Crippen LogP) is 2.43. The third-order valence-corrected chi connectivity index (χ3v) is 4.99. The molecule has 3 atom stereocenters. The molecule has 118 valence electrons. The summed E-state index contributed by atoms with van der Waals surface area (Å²) in [6, 6.07) is 7.44. The van der Waals surface area contributed by atoms with E-state index >= 15 is 0 Å². The van der Waals surface area contributed by atoms with Gasteiger partial charge in [-0.15, -0.1) is 0 Å². The lowest BCUT2D eigenvalue weighted by molar-refractivity contribution is -0.136. The Balaban J connectivity index is 1.36. The van der Waals surface area contributed by atoms with E-state index < -0.39 is 11.8 Å². The largest absolute Gasteiger partial charge is 0.361 e. The number of allylic oxidation sites excluding steroid dienone is 2. The van der Waals surface area contributed by atoms with Gasteiger partial charge < -0.3 is 15.6 Å². The fourth-order valence-corrected chi connectivity index (χ4v) is 3.81. The average Bonchev–Trinajstić information content (AvgIpc) is 3.28. The molecule has 3 unspecified atom stereocenters. The Morgan fingerprint density at radius 1 is 1.13 bits per heavy atom. The molecule has 2 amide bonds. The van der Waals surface area contributed by atoms with Gasteiger partial charge in [0, 0.05) is 23.6 Å². The second-order valence-corrected chi connectivity index (χ2v) is 6.45. The summed E-state index contributed by atoms with van der Waals surface area (Å²) in [6.07, 6.45) is 8.64. The minimum Gasteiger partial charge on any atom is -0.361 e. The van der Waals surface area contributed by atoms with Crippen LogP contribution in [0.4, 0.5) is 5.69 Å². The summed E-state index contributed by atoms with van der Waals surface area (Å²) in [5, 5.41) is 6.37. The lowest BCUT2D eigenvalue weighted by Crippen LogP contribution is -2.38. The molecule has 1 fully saturated rings. The molecule has 1 heterocycles. The summed E-state index contributed by atoms with van der Waals surface area (Å²) in [5.41, 5.74) is 1.57. The molecule has 5 heteroatoms. The van der Waals surface area contributed by atoms with Crippen LogP contribution in [0.15, 0.2) is 42.6 Å². The Labute approximate surface area is 134 Å². The van der Waals surface area contributed by atoms with Crippen molar-refractivity contribution >= 4 is 28.4 Å². The molecule has 0 aliphatic heterocycles. The van der Waals surface area contributed by atoms with Crippen LogP contribution < -0.4 is 10.6 Å². The fraction of sp³-hybridized carbons (Fsp3) is 0.333. The molecular formula is C18H19N3O2. The number of aromatic nitrogens is 1. The first-order valence-electron chi connectivity index (χ1n) is 8.04. The Hall–Kier alpha value is -2.56. The van der Waals surface area contributed by atoms with Crippen molar-refractivity contribution in [3.05, 3.63) is 42.6 Å². The molecule has 1 aromatic carbocycles. The van der Waals surface area contributed by atoms with Crippen LogP contribution in [0.25, 0.3) is 10.9 Å². The molecule has 0 radical (unpaired) electrons. The standard InChI is InChI=1S/C18H19N3O2/c22-17(20-10-13-9-11-4-5-12(13)8-11)18(23)21-16-3-1-2-15-14(16)6-7-19-15/h1-7,11-13,19H,8-10H2,(H,20,22)(H,21,23). The zero-order valence-corrected chi connectivity index (χ0v) is 12.7. The van der Waals surface area contributed by atoms with E-state index in [4.69, 9.17) is 0 Å². The SMILES string of the molecule is O=C(NCC1CC2C=CC1C2)C(=O)Nc1cccc2[nH]ccc12. The number of amides is 2. The number of nitrogens with one attached hydrogen (secondary N) is 3. The lowest BCUT2D eigenvalue weighted by atomic mass is 9.94. The van der Waals surface area contributed by atoms with Gasteiger partial charge in [-0.25, -0.2) is 0 Å². The molecule has 4 rings (SSSR count). The number of fused-ring (bicyclic) bond motifs is 3. The van der Waals surface area contributed by atoms with E-state index in [0.717, 1.165) is 17.3 Å². The van der Waals surface area contributed by atoms with Gasteiger partial charge in [0.1, 0.15) is 0 Å². The molecule has 23 heavy (non-hydrogen) atoms. The van der Waals surface area contributed by atoms with Crippen LogP contribution >= 0.6 is 0 Å². The zero-order valence-electron chi connectivity index (χ0n) is 12.7.